The third-order valence-electron chi connectivity index (χ3n) is 4.72. The number of pyridine rings is 1. The number of ether oxygens (including phenoxy) is 1. The second-order valence-corrected chi connectivity index (χ2v) is 7.57. The number of furan rings is 1. The molecule has 2 aliphatic heterocycles. The van der Waals surface area contributed by atoms with E-state index < -0.39 is 5.91 Å². The van der Waals surface area contributed by atoms with Gasteiger partial charge in [-0.25, -0.2) is 0 Å². The monoisotopic (exact) mass is 393 g/mol. The molecule has 8 heteroatoms. The maximum atomic E-state index is 11.8. The van der Waals surface area contributed by atoms with Crippen LogP contribution in [-0.2, 0) is 4.79 Å². The van der Waals surface area contributed by atoms with Gasteiger partial charge >= 0.3 is 0 Å². The molecule has 1 saturated heterocycles. The van der Waals surface area contributed by atoms with Crippen LogP contribution in [0, 0.1) is 0 Å². The zero-order chi connectivity index (χ0) is 19.3. The number of amides is 2. The topological polar surface area (TPSA) is 84.7 Å². The first-order chi connectivity index (χ1) is 13.6. The van der Waals surface area contributed by atoms with Gasteiger partial charge in [0, 0.05) is 36.5 Å². The molecule has 2 aromatic heterocycles. The van der Waals surface area contributed by atoms with Crippen LogP contribution in [0.5, 0.6) is 5.75 Å². The lowest BCUT2D eigenvalue weighted by molar-refractivity contribution is -0.115. The molecule has 0 spiro atoms. The van der Waals surface area contributed by atoms with Crippen LogP contribution in [0.1, 0.15) is 5.76 Å². The predicted molar refractivity (Wildman–Crippen MR) is 107 cm³/mol. The SMILES string of the molecule is CN1CCOc2cc(-c3cncc4cc(/C=C5\SC(=O)NC5=O)oc34)ccc21. The van der Waals surface area contributed by atoms with Crippen molar-refractivity contribution in [2.75, 3.05) is 25.1 Å². The highest BCUT2D eigenvalue weighted by Gasteiger charge is 2.25. The molecule has 7 nitrogen and oxygen atoms in total. The van der Waals surface area contributed by atoms with Gasteiger partial charge in [0.2, 0.25) is 0 Å². The average Bonchev–Trinajstić information content (AvgIpc) is 3.23. The molecule has 0 aliphatic carbocycles. The third kappa shape index (κ3) is 2.82. The van der Waals surface area contributed by atoms with E-state index in [1.165, 1.54) is 0 Å². The Kier molecular flexibility index (Phi) is 3.87. The number of fused-ring (bicyclic) bond motifs is 2. The van der Waals surface area contributed by atoms with Gasteiger partial charge in [-0.1, -0.05) is 6.07 Å². The summed E-state index contributed by atoms with van der Waals surface area (Å²) < 4.78 is 11.8. The van der Waals surface area contributed by atoms with E-state index in [2.05, 4.69) is 15.2 Å². The second-order valence-electron chi connectivity index (χ2n) is 6.56. The van der Waals surface area contributed by atoms with Gasteiger partial charge in [-0.15, -0.1) is 0 Å². The number of likely N-dealkylation sites (N-methyl/N-ethyl adjacent to an activating group) is 1. The molecular weight excluding hydrogens is 378 g/mol. The van der Waals surface area contributed by atoms with E-state index in [1.54, 1.807) is 24.5 Å². The Bertz CT molecular complexity index is 1170. The Morgan fingerprint density at radius 1 is 1.25 bits per heavy atom. The van der Waals surface area contributed by atoms with Crippen molar-refractivity contribution in [3.8, 4) is 16.9 Å². The highest BCUT2D eigenvalue weighted by molar-refractivity contribution is 8.18. The zero-order valence-corrected chi connectivity index (χ0v) is 15.7. The minimum absolute atomic E-state index is 0.309. The molecule has 1 aromatic carbocycles. The highest BCUT2D eigenvalue weighted by Crippen LogP contribution is 2.38. The summed E-state index contributed by atoms with van der Waals surface area (Å²) in [7, 11) is 2.04. The number of carbonyl (C=O) groups is 2. The number of benzene rings is 1. The molecule has 0 atom stereocenters. The first kappa shape index (κ1) is 16.9. The number of rotatable bonds is 2. The predicted octanol–water partition coefficient (Wildman–Crippen LogP) is 3.65. The number of carbonyl (C=O) groups excluding carboxylic acids is 2. The molecule has 28 heavy (non-hydrogen) atoms. The van der Waals surface area contributed by atoms with Crippen molar-refractivity contribution in [1.29, 1.82) is 0 Å². The summed E-state index contributed by atoms with van der Waals surface area (Å²) >= 11 is 0.859. The van der Waals surface area contributed by atoms with E-state index in [4.69, 9.17) is 9.15 Å². The summed E-state index contributed by atoms with van der Waals surface area (Å²) in [5, 5.41) is 2.67. The molecule has 1 fully saturated rings. The molecule has 140 valence electrons. The summed E-state index contributed by atoms with van der Waals surface area (Å²) in [6.07, 6.45) is 5.03. The number of anilines is 1. The maximum absolute atomic E-state index is 11.8. The summed E-state index contributed by atoms with van der Waals surface area (Å²) in [6.45, 7) is 1.50. The van der Waals surface area contributed by atoms with Crippen LogP contribution < -0.4 is 15.0 Å². The van der Waals surface area contributed by atoms with Gasteiger partial charge in [0.15, 0.2) is 0 Å². The number of hydrogen-bond acceptors (Lipinski definition) is 7. The molecule has 0 unspecified atom stereocenters. The van der Waals surface area contributed by atoms with Gasteiger partial charge in [0.1, 0.15) is 23.7 Å². The maximum Gasteiger partial charge on any atom is 0.290 e. The van der Waals surface area contributed by atoms with Crippen molar-refractivity contribution in [3.05, 3.63) is 47.3 Å². The fourth-order valence-corrected chi connectivity index (χ4v) is 4.00. The number of hydrogen-bond donors (Lipinski definition) is 1. The number of nitrogens with one attached hydrogen (secondary N) is 1. The molecule has 2 aliphatic rings. The Hall–Kier alpha value is -3.26. The number of aromatic nitrogens is 1. The fraction of sp³-hybridized carbons (Fsp3) is 0.150. The van der Waals surface area contributed by atoms with Crippen LogP contribution in [0.2, 0.25) is 0 Å². The van der Waals surface area contributed by atoms with Crippen molar-refractivity contribution >= 4 is 45.6 Å². The van der Waals surface area contributed by atoms with Gasteiger partial charge < -0.3 is 14.1 Å². The normalized spacial score (nSPS) is 17.8. The molecular formula is C20H15N3O4S. The lowest BCUT2D eigenvalue weighted by Crippen LogP contribution is -2.28. The minimum atomic E-state index is -0.412. The Morgan fingerprint density at radius 2 is 2.14 bits per heavy atom. The fourth-order valence-electron chi connectivity index (χ4n) is 3.33. The summed E-state index contributed by atoms with van der Waals surface area (Å²) in [4.78, 5) is 29.9. The number of imide groups is 1. The standard InChI is InChI=1S/C20H15N3O4S/c1-23-4-5-26-16-7-11(2-3-15(16)23)14-10-21-9-12-6-13(27-18(12)14)8-17-19(24)22-20(25)28-17/h2-3,6-10H,4-5H2,1H3,(H,22,24,25)/b17-8-. The third-order valence-corrected chi connectivity index (χ3v) is 5.53. The molecule has 1 N–H and O–H groups in total. The van der Waals surface area contributed by atoms with Crippen LogP contribution in [0.15, 0.2) is 46.0 Å². The van der Waals surface area contributed by atoms with E-state index in [1.807, 2.05) is 25.2 Å². The summed E-state index contributed by atoms with van der Waals surface area (Å²) in [6, 6.07) is 7.83. The van der Waals surface area contributed by atoms with Crippen LogP contribution >= 0.6 is 11.8 Å². The highest BCUT2D eigenvalue weighted by atomic mass is 32.2. The van der Waals surface area contributed by atoms with E-state index in [0.29, 0.717) is 22.9 Å². The van der Waals surface area contributed by atoms with E-state index in [0.717, 1.165) is 46.3 Å². The van der Waals surface area contributed by atoms with Crippen LogP contribution in [0.3, 0.4) is 0 Å². The molecule has 2 amide bonds. The van der Waals surface area contributed by atoms with Crippen molar-refractivity contribution in [2.24, 2.45) is 0 Å². The van der Waals surface area contributed by atoms with Gasteiger partial charge in [-0.05, 0) is 35.5 Å². The number of nitrogens with zero attached hydrogens (tertiary/aromatic N) is 2. The first-order valence-corrected chi connectivity index (χ1v) is 9.51. The summed E-state index contributed by atoms with van der Waals surface area (Å²) in [5.74, 6) is 0.907. The van der Waals surface area contributed by atoms with Crippen LogP contribution in [-0.4, -0.2) is 36.3 Å². The van der Waals surface area contributed by atoms with E-state index in [9.17, 15) is 9.59 Å². The molecule has 3 aromatic rings. The lowest BCUT2D eigenvalue weighted by atomic mass is 10.0. The van der Waals surface area contributed by atoms with Crippen molar-refractivity contribution in [3.63, 3.8) is 0 Å². The van der Waals surface area contributed by atoms with Gasteiger partial charge in [0.05, 0.1) is 17.1 Å². The smallest absolute Gasteiger partial charge is 0.290 e. The summed E-state index contributed by atoms with van der Waals surface area (Å²) in [5.41, 5.74) is 3.49. The van der Waals surface area contributed by atoms with E-state index >= 15 is 0 Å². The first-order valence-electron chi connectivity index (χ1n) is 8.69. The van der Waals surface area contributed by atoms with Crippen molar-refractivity contribution in [2.45, 2.75) is 0 Å². The average molecular weight is 393 g/mol. The van der Waals surface area contributed by atoms with E-state index in [-0.39, 0.29) is 5.24 Å². The molecule has 4 heterocycles. The molecule has 0 radical (unpaired) electrons. The zero-order valence-electron chi connectivity index (χ0n) is 14.9. The van der Waals surface area contributed by atoms with Crippen LogP contribution in [0.4, 0.5) is 10.5 Å². The van der Waals surface area contributed by atoms with Gasteiger partial charge in [0.25, 0.3) is 11.1 Å². The molecule has 0 bridgehead atoms. The second kappa shape index (κ2) is 6.42. The lowest BCUT2D eigenvalue weighted by Gasteiger charge is -2.28. The minimum Gasteiger partial charge on any atom is -0.490 e. The largest absolute Gasteiger partial charge is 0.490 e. The Balaban J connectivity index is 1.58. The molecule has 0 saturated carbocycles. The Labute approximate surface area is 164 Å². The Morgan fingerprint density at radius 3 is 2.96 bits per heavy atom. The molecule has 5 rings (SSSR count). The van der Waals surface area contributed by atoms with Gasteiger partial charge in [-0.3, -0.25) is 19.9 Å². The van der Waals surface area contributed by atoms with Crippen molar-refractivity contribution < 1.29 is 18.7 Å². The van der Waals surface area contributed by atoms with Crippen molar-refractivity contribution in [1.82, 2.24) is 10.3 Å². The van der Waals surface area contributed by atoms with Gasteiger partial charge in [-0.2, -0.15) is 0 Å². The number of thioether (sulfide) groups is 1. The quantitative estimate of drug-likeness (QED) is 0.665. The van der Waals surface area contributed by atoms with Crippen LogP contribution in [0.25, 0.3) is 28.2 Å².